The van der Waals surface area contributed by atoms with Gasteiger partial charge in [-0.1, -0.05) is 6.92 Å². The standard InChI is InChI=1S/C6H14NO2P/c1-3-7-5-4-6-9-10(7,2)8/h3-6H2,1-2H3/t10-/m1/s1. The first-order valence-corrected chi connectivity index (χ1v) is 5.67. The van der Waals surface area contributed by atoms with Gasteiger partial charge in [-0.05, 0) is 6.42 Å². The Morgan fingerprint density at radius 1 is 1.70 bits per heavy atom. The van der Waals surface area contributed by atoms with Gasteiger partial charge in [0.25, 0.3) is 7.52 Å². The average molecular weight is 163 g/mol. The molecule has 0 spiro atoms. The summed E-state index contributed by atoms with van der Waals surface area (Å²) < 4.78 is 18.6. The lowest BCUT2D eigenvalue weighted by atomic mass is 10.4. The van der Waals surface area contributed by atoms with Gasteiger partial charge in [0.05, 0.1) is 6.61 Å². The average Bonchev–Trinajstić information content (AvgIpc) is 1.87. The molecule has 1 rings (SSSR count). The molecule has 3 nitrogen and oxygen atoms in total. The van der Waals surface area contributed by atoms with E-state index in [2.05, 4.69) is 0 Å². The molecule has 1 fully saturated rings. The van der Waals surface area contributed by atoms with E-state index in [4.69, 9.17) is 4.52 Å². The van der Waals surface area contributed by atoms with Crippen molar-refractivity contribution in [3.05, 3.63) is 0 Å². The van der Waals surface area contributed by atoms with Gasteiger partial charge in [-0.25, -0.2) is 4.67 Å². The molecule has 1 aliphatic heterocycles. The van der Waals surface area contributed by atoms with E-state index in [1.54, 1.807) is 6.66 Å². The van der Waals surface area contributed by atoms with Crippen molar-refractivity contribution < 1.29 is 9.09 Å². The zero-order valence-electron chi connectivity index (χ0n) is 6.54. The highest BCUT2D eigenvalue weighted by atomic mass is 31.2. The SMILES string of the molecule is CCN1CCCO[P@@]1(C)=O. The Balaban J connectivity index is 2.60. The Bertz CT molecular complexity index is 160. The van der Waals surface area contributed by atoms with Crippen molar-refractivity contribution in [1.82, 2.24) is 4.67 Å². The van der Waals surface area contributed by atoms with Crippen molar-refractivity contribution in [2.45, 2.75) is 13.3 Å². The van der Waals surface area contributed by atoms with Crippen LogP contribution >= 0.6 is 7.52 Å². The molecular formula is C6H14NO2P. The minimum absolute atomic E-state index is 0.657. The highest BCUT2D eigenvalue weighted by Gasteiger charge is 2.27. The third kappa shape index (κ3) is 1.60. The summed E-state index contributed by atoms with van der Waals surface area (Å²) in [6, 6.07) is 0. The van der Waals surface area contributed by atoms with Crippen LogP contribution in [0.2, 0.25) is 0 Å². The highest BCUT2D eigenvalue weighted by Crippen LogP contribution is 2.48. The first kappa shape index (κ1) is 8.25. The van der Waals surface area contributed by atoms with Crippen LogP contribution in [-0.2, 0) is 9.09 Å². The van der Waals surface area contributed by atoms with Crippen LogP contribution in [0.15, 0.2) is 0 Å². The molecule has 0 radical (unpaired) electrons. The quantitative estimate of drug-likeness (QED) is 0.549. The Morgan fingerprint density at radius 2 is 2.40 bits per heavy atom. The maximum Gasteiger partial charge on any atom is 0.269 e. The molecule has 10 heavy (non-hydrogen) atoms. The number of hydrogen-bond acceptors (Lipinski definition) is 2. The van der Waals surface area contributed by atoms with E-state index >= 15 is 0 Å². The topological polar surface area (TPSA) is 29.5 Å². The van der Waals surface area contributed by atoms with Crippen molar-refractivity contribution >= 4 is 7.52 Å². The second-order valence-electron chi connectivity index (χ2n) is 2.54. The van der Waals surface area contributed by atoms with Crippen molar-refractivity contribution in [2.24, 2.45) is 0 Å². The van der Waals surface area contributed by atoms with Crippen LogP contribution in [0.5, 0.6) is 0 Å². The van der Waals surface area contributed by atoms with Crippen LogP contribution in [0.25, 0.3) is 0 Å². The van der Waals surface area contributed by atoms with Gasteiger partial charge in [-0.15, -0.1) is 0 Å². The van der Waals surface area contributed by atoms with Gasteiger partial charge >= 0.3 is 0 Å². The molecule has 1 heterocycles. The van der Waals surface area contributed by atoms with E-state index in [9.17, 15) is 4.57 Å². The molecule has 0 bridgehead atoms. The van der Waals surface area contributed by atoms with Gasteiger partial charge in [0.15, 0.2) is 0 Å². The second kappa shape index (κ2) is 3.04. The van der Waals surface area contributed by atoms with Gasteiger partial charge in [0.1, 0.15) is 0 Å². The predicted octanol–water partition coefficient (Wildman–Crippen LogP) is 1.55. The summed E-state index contributed by atoms with van der Waals surface area (Å²) >= 11 is 0. The molecule has 0 aromatic rings. The molecule has 0 aromatic carbocycles. The van der Waals surface area contributed by atoms with Crippen LogP contribution in [0.4, 0.5) is 0 Å². The van der Waals surface area contributed by atoms with Crippen LogP contribution < -0.4 is 0 Å². The molecule has 0 aliphatic carbocycles. The molecule has 0 aromatic heterocycles. The summed E-state index contributed by atoms with van der Waals surface area (Å²) in [5.41, 5.74) is 0. The van der Waals surface area contributed by atoms with E-state index in [1.807, 2.05) is 11.6 Å². The molecule has 1 aliphatic rings. The summed E-state index contributed by atoms with van der Waals surface area (Å²) in [4.78, 5) is 0. The molecule has 0 amide bonds. The summed E-state index contributed by atoms with van der Waals surface area (Å²) in [7, 11) is -2.36. The highest BCUT2D eigenvalue weighted by molar-refractivity contribution is 7.55. The second-order valence-corrected chi connectivity index (χ2v) is 4.97. The molecule has 0 unspecified atom stereocenters. The zero-order valence-corrected chi connectivity index (χ0v) is 7.43. The van der Waals surface area contributed by atoms with Gasteiger partial charge in [-0.3, -0.25) is 4.57 Å². The lowest BCUT2D eigenvalue weighted by molar-refractivity contribution is 0.214. The first-order valence-electron chi connectivity index (χ1n) is 3.64. The van der Waals surface area contributed by atoms with E-state index in [-0.39, 0.29) is 0 Å². The number of hydrogen-bond donors (Lipinski definition) is 0. The fraction of sp³-hybridized carbons (Fsp3) is 1.00. The number of nitrogens with zero attached hydrogens (tertiary/aromatic N) is 1. The molecular weight excluding hydrogens is 149 g/mol. The summed E-state index contributed by atoms with van der Waals surface area (Å²) in [6.07, 6.45) is 1.01. The van der Waals surface area contributed by atoms with Crippen molar-refractivity contribution in [3.63, 3.8) is 0 Å². The van der Waals surface area contributed by atoms with Crippen LogP contribution in [0.1, 0.15) is 13.3 Å². The van der Waals surface area contributed by atoms with Crippen LogP contribution in [-0.4, -0.2) is 31.0 Å². The van der Waals surface area contributed by atoms with Crippen molar-refractivity contribution in [1.29, 1.82) is 0 Å². The fourth-order valence-corrected chi connectivity index (χ4v) is 2.81. The lowest BCUT2D eigenvalue weighted by Crippen LogP contribution is -2.27. The Kier molecular flexibility index (Phi) is 2.50. The third-order valence-electron chi connectivity index (χ3n) is 1.77. The Labute approximate surface area is 61.9 Å². The minimum Gasteiger partial charge on any atom is -0.318 e. The van der Waals surface area contributed by atoms with E-state index in [0.717, 1.165) is 19.5 Å². The first-order chi connectivity index (χ1) is 4.67. The van der Waals surface area contributed by atoms with E-state index in [0.29, 0.717) is 6.61 Å². The zero-order chi connectivity index (χ0) is 7.61. The predicted molar refractivity (Wildman–Crippen MR) is 41.3 cm³/mol. The van der Waals surface area contributed by atoms with Gasteiger partial charge in [-0.2, -0.15) is 0 Å². The minimum atomic E-state index is -2.36. The molecule has 4 heteroatoms. The maximum atomic E-state index is 11.5. The normalized spacial score (nSPS) is 36.2. The van der Waals surface area contributed by atoms with Gasteiger partial charge < -0.3 is 4.52 Å². The summed E-state index contributed by atoms with van der Waals surface area (Å²) in [5.74, 6) is 0. The van der Waals surface area contributed by atoms with Crippen LogP contribution in [0, 0.1) is 0 Å². The lowest BCUT2D eigenvalue weighted by Gasteiger charge is -2.31. The van der Waals surface area contributed by atoms with Crippen LogP contribution in [0.3, 0.4) is 0 Å². The van der Waals surface area contributed by atoms with E-state index < -0.39 is 7.52 Å². The Hall–Kier alpha value is 0.150. The monoisotopic (exact) mass is 163 g/mol. The van der Waals surface area contributed by atoms with Gasteiger partial charge in [0, 0.05) is 19.8 Å². The molecule has 0 saturated carbocycles. The fourth-order valence-electron chi connectivity index (χ4n) is 1.16. The smallest absolute Gasteiger partial charge is 0.269 e. The largest absolute Gasteiger partial charge is 0.318 e. The summed E-state index contributed by atoms with van der Waals surface area (Å²) in [5, 5.41) is 0. The molecule has 60 valence electrons. The van der Waals surface area contributed by atoms with Crippen molar-refractivity contribution in [2.75, 3.05) is 26.4 Å². The summed E-state index contributed by atoms with van der Waals surface area (Å²) in [6.45, 7) is 6.10. The van der Waals surface area contributed by atoms with Crippen molar-refractivity contribution in [3.8, 4) is 0 Å². The third-order valence-corrected chi connectivity index (χ3v) is 3.94. The molecule has 0 N–H and O–H groups in total. The molecule has 1 saturated heterocycles. The maximum absolute atomic E-state index is 11.5. The Morgan fingerprint density at radius 3 is 2.80 bits per heavy atom. The molecule has 1 atom stereocenters. The van der Waals surface area contributed by atoms with Gasteiger partial charge in [0.2, 0.25) is 0 Å². The van der Waals surface area contributed by atoms with E-state index in [1.165, 1.54) is 0 Å². The number of rotatable bonds is 1.